The molecule has 116 valence electrons. The van der Waals surface area contributed by atoms with Crippen LogP contribution in [0.15, 0.2) is 5.38 Å². The molecule has 0 N–H and O–H groups in total. The van der Waals surface area contributed by atoms with Gasteiger partial charge in [-0.3, -0.25) is 9.69 Å². The Morgan fingerprint density at radius 3 is 2.71 bits per heavy atom. The highest BCUT2D eigenvalue weighted by Crippen LogP contribution is 2.17. The molecule has 1 aromatic rings. The minimum absolute atomic E-state index is 0.174. The van der Waals surface area contributed by atoms with Crippen molar-refractivity contribution in [2.75, 3.05) is 39.4 Å². The van der Waals surface area contributed by atoms with Gasteiger partial charge in [-0.25, -0.2) is 4.98 Å². The Kier molecular flexibility index (Phi) is 5.22. The molecule has 2 aliphatic rings. The SMILES string of the molecule is O=C(Cc1csc(CN2CCCCC2)n1)N1CCOCC1. The van der Waals surface area contributed by atoms with Gasteiger partial charge in [0.25, 0.3) is 0 Å². The number of hydrogen-bond acceptors (Lipinski definition) is 5. The highest BCUT2D eigenvalue weighted by atomic mass is 32.1. The van der Waals surface area contributed by atoms with Crippen LogP contribution >= 0.6 is 11.3 Å². The number of morpholine rings is 1. The molecule has 2 fully saturated rings. The molecule has 0 bridgehead atoms. The Balaban J connectivity index is 1.50. The highest BCUT2D eigenvalue weighted by Gasteiger charge is 2.19. The molecule has 2 saturated heterocycles. The summed E-state index contributed by atoms with van der Waals surface area (Å²) in [5, 5.41) is 3.18. The van der Waals surface area contributed by atoms with Crippen LogP contribution in [0.4, 0.5) is 0 Å². The molecule has 0 saturated carbocycles. The van der Waals surface area contributed by atoms with E-state index < -0.39 is 0 Å². The fraction of sp³-hybridized carbons (Fsp3) is 0.733. The first-order valence-electron chi connectivity index (χ1n) is 7.82. The maximum atomic E-state index is 12.2. The van der Waals surface area contributed by atoms with E-state index in [0.29, 0.717) is 32.7 Å². The summed E-state index contributed by atoms with van der Waals surface area (Å²) in [4.78, 5) is 21.2. The Morgan fingerprint density at radius 1 is 1.19 bits per heavy atom. The molecule has 3 heterocycles. The van der Waals surface area contributed by atoms with Crippen LogP contribution < -0.4 is 0 Å². The summed E-state index contributed by atoms with van der Waals surface area (Å²) in [6.45, 7) is 6.04. The zero-order valence-electron chi connectivity index (χ0n) is 12.4. The van der Waals surface area contributed by atoms with Crippen LogP contribution in [-0.2, 0) is 22.5 Å². The molecule has 2 aliphatic heterocycles. The lowest BCUT2D eigenvalue weighted by atomic mass is 10.1. The smallest absolute Gasteiger partial charge is 0.228 e. The van der Waals surface area contributed by atoms with Crippen LogP contribution in [0, 0.1) is 0 Å². The quantitative estimate of drug-likeness (QED) is 0.846. The number of hydrogen-bond donors (Lipinski definition) is 0. The van der Waals surface area contributed by atoms with Gasteiger partial charge in [0.2, 0.25) is 5.91 Å². The molecule has 0 unspecified atom stereocenters. The molecule has 0 radical (unpaired) electrons. The number of likely N-dealkylation sites (tertiary alicyclic amines) is 1. The molecule has 5 nitrogen and oxygen atoms in total. The number of ether oxygens (including phenoxy) is 1. The van der Waals surface area contributed by atoms with Crippen LogP contribution in [0.3, 0.4) is 0 Å². The van der Waals surface area contributed by atoms with Crippen molar-refractivity contribution in [3.05, 3.63) is 16.1 Å². The number of piperidine rings is 1. The topological polar surface area (TPSA) is 45.7 Å². The van der Waals surface area contributed by atoms with Crippen molar-refractivity contribution in [3.8, 4) is 0 Å². The van der Waals surface area contributed by atoms with Gasteiger partial charge in [0.1, 0.15) is 5.01 Å². The Bertz CT molecular complexity index is 465. The first kappa shape index (κ1) is 14.9. The molecule has 1 aromatic heterocycles. The second-order valence-corrected chi connectivity index (χ2v) is 6.68. The van der Waals surface area contributed by atoms with E-state index in [9.17, 15) is 4.79 Å². The van der Waals surface area contributed by atoms with Crippen LogP contribution in [0.5, 0.6) is 0 Å². The van der Waals surface area contributed by atoms with E-state index in [0.717, 1.165) is 17.2 Å². The van der Waals surface area contributed by atoms with Crippen molar-refractivity contribution in [1.82, 2.24) is 14.8 Å². The second-order valence-electron chi connectivity index (χ2n) is 5.74. The second kappa shape index (κ2) is 7.33. The first-order valence-corrected chi connectivity index (χ1v) is 8.70. The minimum Gasteiger partial charge on any atom is -0.378 e. The molecule has 0 atom stereocenters. The van der Waals surface area contributed by atoms with Gasteiger partial charge >= 0.3 is 0 Å². The molecule has 3 rings (SSSR count). The molecule has 0 aromatic carbocycles. The van der Waals surface area contributed by atoms with Crippen molar-refractivity contribution < 1.29 is 9.53 Å². The summed E-state index contributed by atoms with van der Waals surface area (Å²) in [5.41, 5.74) is 0.920. The lowest BCUT2D eigenvalue weighted by molar-refractivity contribution is -0.134. The Labute approximate surface area is 129 Å². The van der Waals surface area contributed by atoms with E-state index in [1.54, 1.807) is 11.3 Å². The van der Waals surface area contributed by atoms with Crippen LogP contribution in [0.25, 0.3) is 0 Å². The zero-order valence-corrected chi connectivity index (χ0v) is 13.2. The summed E-state index contributed by atoms with van der Waals surface area (Å²) < 4.78 is 5.28. The normalized spacial score (nSPS) is 20.7. The number of carbonyl (C=O) groups excluding carboxylic acids is 1. The first-order chi connectivity index (χ1) is 10.3. The average Bonchev–Trinajstić information content (AvgIpc) is 2.96. The number of thiazole rings is 1. The Hall–Kier alpha value is -0.980. The molecule has 6 heteroatoms. The fourth-order valence-electron chi connectivity index (χ4n) is 2.89. The van der Waals surface area contributed by atoms with E-state index in [2.05, 4.69) is 9.88 Å². The predicted octanol–water partition coefficient (Wildman–Crippen LogP) is 1.53. The zero-order chi connectivity index (χ0) is 14.5. The van der Waals surface area contributed by atoms with E-state index in [1.807, 2.05) is 10.3 Å². The maximum Gasteiger partial charge on any atom is 0.228 e. The number of aromatic nitrogens is 1. The van der Waals surface area contributed by atoms with Crippen molar-refractivity contribution in [1.29, 1.82) is 0 Å². The summed E-state index contributed by atoms with van der Waals surface area (Å²) >= 11 is 1.68. The van der Waals surface area contributed by atoms with Gasteiger partial charge in [0, 0.05) is 18.5 Å². The fourth-order valence-corrected chi connectivity index (χ4v) is 3.73. The van der Waals surface area contributed by atoms with E-state index in [4.69, 9.17) is 4.74 Å². The number of nitrogens with zero attached hydrogens (tertiary/aromatic N) is 3. The van der Waals surface area contributed by atoms with Gasteiger partial charge in [-0.05, 0) is 25.9 Å². The minimum atomic E-state index is 0.174. The summed E-state index contributed by atoms with van der Waals surface area (Å²) in [6.07, 6.45) is 4.38. The molecule has 21 heavy (non-hydrogen) atoms. The van der Waals surface area contributed by atoms with Crippen LogP contribution in [0.1, 0.15) is 30.0 Å². The third kappa shape index (κ3) is 4.25. The van der Waals surface area contributed by atoms with Crippen LogP contribution in [0.2, 0.25) is 0 Å². The number of rotatable bonds is 4. The number of amides is 1. The molecule has 0 spiro atoms. The third-order valence-corrected chi connectivity index (χ3v) is 4.99. The average molecular weight is 309 g/mol. The molecule has 0 aliphatic carbocycles. The summed E-state index contributed by atoms with van der Waals surface area (Å²) in [5.74, 6) is 0.174. The van der Waals surface area contributed by atoms with Gasteiger partial charge in [0.05, 0.1) is 31.9 Å². The molecular formula is C15H23N3O2S. The van der Waals surface area contributed by atoms with Gasteiger partial charge in [-0.15, -0.1) is 11.3 Å². The molecule has 1 amide bonds. The lowest BCUT2D eigenvalue weighted by Gasteiger charge is -2.26. The van der Waals surface area contributed by atoms with E-state index in [-0.39, 0.29) is 5.91 Å². The van der Waals surface area contributed by atoms with Gasteiger partial charge in [-0.1, -0.05) is 6.42 Å². The van der Waals surface area contributed by atoms with E-state index >= 15 is 0 Å². The summed E-state index contributed by atoms with van der Waals surface area (Å²) in [6, 6.07) is 0. The van der Waals surface area contributed by atoms with E-state index in [1.165, 1.54) is 32.4 Å². The maximum absolute atomic E-state index is 12.2. The van der Waals surface area contributed by atoms with Crippen molar-refractivity contribution in [2.45, 2.75) is 32.2 Å². The lowest BCUT2D eigenvalue weighted by Crippen LogP contribution is -2.41. The number of carbonyl (C=O) groups is 1. The van der Waals surface area contributed by atoms with Crippen LogP contribution in [-0.4, -0.2) is 60.1 Å². The van der Waals surface area contributed by atoms with Gasteiger partial charge < -0.3 is 9.64 Å². The Morgan fingerprint density at radius 2 is 1.95 bits per heavy atom. The predicted molar refractivity (Wildman–Crippen MR) is 82.3 cm³/mol. The summed E-state index contributed by atoms with van der Waals surface area (Å²) in [7, 11) is 0. The molecular weight excluding hydrogens is 286 g/mol. The third-order valence-electron chi connectivity index (χ3n) is 4.10. The van der Waals surface area contributed by atoms with Gasteiger partial charge in [-0.2, -0.15) is 0 Å². The van der Waals surface area contributed by atoms with Crippen molar-refractivity contribution in [2.24, 2.45) is 0 Å². The van der Waals surface area contributed by atoms with Crippen molar-refractivity contribution in [3.63, 3.8) is 0 Å². The monoisotopic (exact) mass is 309 g/mol. The standard InChI is InChI=1S/C15H23N3O2S/c19-15(18-6-8-20-9-7-18)10-13-12-21-14(16-13)11-17-4-2-1-3-5-17/h12H,1-11H2. The van der Waals surface area contributed by atoms with Gasteiger partial charge in [0.15, 0.2) is 0 Å². The highest BCUT2D eigenvalue weighted by molar-refractivity contribution is 7.09. The van der Waals surface area contributed by atoms with Crippen molar-refractivity contribution >= 4 is 17.2 Å². The largest absolute Gasteiger partial charge is 0.378 e.